The second-order valence-corrected chi connectivity index (χ2v) is 3.41. The molecular weight excluding hydrogens is 200 g/mol. The van der Waals surface area contributed by atoms with Crippen LogP contribution < -0.4 is 0 Å². The first-order chi connectivity index (χ1) is 7.80. The van der Waals surface area contributed by atoms with Crippen molar-refractivity contribution in [1.29, 1.82) is 5.26 Å². The third kappa shape index (κ3) is 3.74. The van der Waals surface area contributed by atoms with Crippen LogP contribution in [-0.2, 0) is 11.3 Å². The molecule has 0 atom stereocenters. The topological polar surface area (TPSA) is 45.9 Å². The molecule has 0 aliphatic rings. The van der Waals surface area contributed by atoms with Crippen LogP contribution >= 0.6 is 0 Å². The van der Waals surface area contributed by atoms with E-state index in [1.54, 1.807) is 18.5 Å². The number of ether oxygens (including phenoxy) is 1. The molecule has 0 spiro atoms. The standard InChI is InChI=1S/C13H16N2O/c1-3-5-13(4-2)16-10-12-6-11(7-14)8-15-9-12/h5-6,8-9H,3-4,10H2,1-2H3/b13-5+. The smallest absolute Gasteiger partial charge is 0.114 e. The lowest BCUT2D eigenvalue weighted by molar-refractivity contribution is 0.190. The fraction of sp³-hybridized carbons (Fsp3) is 0.385. The van der Waals surface area contributed by atoms with Crippen molar-refractivity contribution in [1.82, 2.24) is 4.98 Å². The fourth-order valence-corrected chi connectivity index (χ4v) is 1.34. The van der Waals surface area contributed by atoms with Gasteiger partial charge < -0.3 is 4.74 Å². The Morgan fingerprint density at radius 3 is 2.94 bits per heavy atom. The Kier molecular flexibility index (Phi) is 5.07. The largest absolute Gasteiger partial charge is 0.494 e. The molecule has 0 aliphatic heterocycles. The average Bonchev–Trinajstić information content (AvgIpc) is 2.34. The summed E-state index contributed by atoms with van der Waals surface area (Å²) in [5, 5.41) is 8.73. The zero-order chi connectivity index (χ0) is 11.8. The summed E-state index contributed by atoms with van der Waals surface area (Å²) in [5.41, 5.74) is 1.49. The Morgan fingerprint density at radius 2 is 2.31 bits per heavy atom. The van der Waals surface area contributed by atoms with Crippen LogP contribution in [0.1, 0.15) is 37.8 Å². The molecule has 16 heavy (non-hydrogen) atoms. The maximum absolute atomic E-state index is 8.73. The summed E-state index contributed by atoms with van der Waals surface area (Å²) in [4.78, 5) is 3.98. The van der Waals surface area contributed by atoms with Crippen molar-refractivity contribution >= 4 is 0 Å². The number of allylic oxidation sites excluding steroid dienone is 2. The van der Waals surface area contributed by atoms with Gasteiger partial charge in [-0.2, -0.15) is 5.26 Å². The van der Waals surface area contributed by atoms with Gasteiger partial charge in [-0.3, -0.25) is 4.98 Å². The van der Waals surface area contributed by atoms with Gasteiger partial charge in [-0.15, -0.1) is 0 Å². The van der Waals surface area contributed by atoms with Crippen molar-refractivity contribution in [2.24, 2.45) is 0 Å². The highest BCUT2D eigenvalue weighted by Crippen LogP contribution is 2.10. The summed E-state index contributed by atoms with van der Waals surface area (Å²) in [7, 11) is 0. The van der Waals surface area contributed by atoms with Crippen molar-refractivity contribution in [3.8, 4) is 6.07 Å². The molecule has 84 valence electrons. The van der Waals surface area contributed by atoms with E-state index < -0.39 is 0 Å². The summed E-state index contributed by atoms with van der Waals surface area (Å²) in [6, 6.07) is 3.86. The molecule has 0 aromatic carbocycles. The lowest BCUT2D eigenvalue weighted by atomic mass is 10.2. The molecular formula is C13H16N2O. The predicted octanol–water partition coefficient (Wildman–Crippen LogP) is 3.17. The molecule has 1 aromatic heterocycles. The van der Waals surface area contributed by atoms with E-state index >= 15 is 0 Å². The third-order valence-corrected chi connectivity index (χ3v) is 2.13. The van der Waals surface area contributed by atoms with E-state index in [4.69, 9.17) is 10.00 Å². The molecule has 0 aliphatic carbocycles. The van der Waals surface area contributed by atoms with E-state index in [9.17, 15) is 0 Å². The number of hydrogen-bond acceptors (Lipinski definition) is 3. The van der Waals surface area contributed by atoms with Gasteiger partial charge in [0.2, 0.25) is 0 Å². The van der Waals surface area contributed by atoms with Crippen LogP contribution in [0.15, 0.2) is 30.3 Å². The lowest BCUT2D eigenvalue weighted by Gasteiger charge is -2.08. The Bertz CT molecular complexity index is 405. The molecule has 1 aromatic rings. The lowest BCUT2D eigenvalue weighted by Crippen LogP contribution is -1.94. The molecule has 0 radical (unpaired) electrons. The van der Waals surface area contributed by atoms with Crippen molar-refractivity contribution in [3.05, 3.63) is 41.4 Å². The van der Waals surface area contributed by atoms with Crippen molar-refractivity contribution < 1.29 is 4.74 Å². The minimum atomic E-state index is 0.474. The predicted molar refractivity (Wildman–Crippen MR) is 62.4 cm³/mol. The Balaban J connectivity index is 2.60. The average molecular weight is 216 g/mol. The van der Waals surface area contributed by atoms with Crippen LogP contribution in [0.3, 0.4) is 0 Å². The van der Waals surface area contributed by atoms with Crippen LogP contribution in [0.4, 0.5) is 0 Å². The number of hydrogen-bond donors (Lipinski definition) is 0. The molecule has 0 saturated carbocycles. The molecule has 1 rings (SSSR count). The minimum absolute atomic E-state index is 0.474. The van der Waals surface area contributed by atoms with Gasteiger partial charge in [-0.1, -0.05) is 13.8 Å². The monoisotopic (exact) mass is 216 g/mol. The number of nitriles is 1. The molecule has 1 heterocycles. The number of aromatic nitrogens is 1. The van der Waals surface area contributed by atoms with Gasteiger partial charge in [-0.05, 0) is 18.6 Å². The second kappa shape index (κ2) is 6.62. The molecule has 0 bridgehead atoms. The highest BCUT2D eigenvalue weighted by atomic mass is 16.5. The second-order valence-electron chi connectivity index (χ2n) is 3.41. The SMILES string of the molecule is CC/C=C(\CC)OCc1cncc(C#N)c1. The Morgan fingerprint density at radius 1 is 1.50 bits per heavy atom. The summed E-state index contributed by atoms with van der Waals surface area (Å²) in [6.45, 7) is 4.62. The highest BCUT2D eigenvalue weighted by Gasteiger charge is 1.99. The summed E-state index contributed by atoms with van der Waals surface area (Å²) in [6.07, 6.45) is 7.20. The molecule has 0 saturated heterocycles. The maximum atomic E-state index is 8.73. The van der Waals surface area contributed by atoms with Crippen molar-refractivity contribution in [2.45, 2.75) is 33.3 Å². The third-order valence-electron chi connectivity index (χ3n) is 2.13. The van der Waals surface area contributed by atoms with E-state index in [1.165, 1.54) is 0 Å². The van der Waals surface area contributed by atoms with Crippen LogP contribution in [0.2, 0.25) is 0 Å². The van der Waals surface area contributed by atoms with Crippen LogP contribution in [0.5, 0.6) is 0 Å². The first kappa shape index (κ1) is 12.3. The Labute approximate surface area is 96.4 Å². The molecule has 3 nitrogen and oxygen atoms in total. The van der Waals surface area contributed by atoms with Gasteiger partial charge in [0.25, 0.3) is 0 Å². The van der Waals surface area contributed by atoms with E-state index in [0.717, 1.165) is 24.2 Å². The van der Waals surface area contributed by atoms with Crippen LogP contribution in [0.25, 0.3) is 0 Å². The first-order valence-corrected chi connectivity index (χ1v) is 5.46. The first-order valence-electron chi connectivity index (χ1n) is 5.46. The Hall–Kier alpha value is -1.82. The molecule has 0 unspecified atom stereocenters. The van der Waals surface area contributed by atoms with E-state index in [0.29, 0.717) is 12.2 Å². The summed E-state index contributed by atoms with van der Waals surface area (Å²) >= 11 is 0. The van der Waals surface area contributed by atoms with Gasteiger partial charge in [-0.25, -0.2) is 0 Å². The zero-order valence-electron chi connectivity index (χ0n) is 9.73. The van der Waals surface area contributed by atoms with Crippen LogP contribution in [-0.4, -0.2) is 4.98 Å². The van der Waals surface area contributed by atoms with Gasteiger partial charge in [0.1, 0.15) is 12.7 Å². The fourth-order valence-electron chi connectivity index (χ4n) is 1.34. The molecule has 0 N–H and O–H groups in total. The molecule has 0 fully saturated rings. The van der Waals surface area contributed by atoms with Crippen LogP contribution in [0, 0.1) is 11.3 Å². The number of nitrogens with zero attached hydrogens (tertiary/aromatic N) is 2. The van der Waals surface area contributed by atoms with Gasteiger partial charge in [0.15, 0.2) is 0 Å². The van der Waals surface area contributed by atoms with Gasteiger partial charge in [0.05, 0.1) is 11.3 Å². The highest BCUT2D eigenvalue weighted by molar-refractivity contribution is 5.28. The number of rotatable bonds is 5. The van der Waals surface area contributed by atoms with Crippen molar-refractivity contribution in [3.63, 3.8) is 0 Å². The van der Waals surface area contributed by atoms with Gasteiger partial charge >= 0.3 is 0 Å². The zero-order valence-corrected chi connectivity index (χ0v) is 9.73. The normalized spacial score (nSPS) is 10.9. The summed E-state index contributed by atoms with van der Waals surface area (Å²) in [5.74, 6) is 0.991. The maximum Gasteiger partial charge on any atom is 0.114 e. The quantitative estimate of drug-likeness (QED) is 0.710. The van der Waals surface area contributed by atoms with Gasteiger partial charge in [0, 0.05) is 24.4 Å². The minimum Gasteiger partial charge on any atom is -0.494 e. The van der Waals surface area contributed by atoms with E-state index in [1.807, 2.05) is 0 Å². The van der Waals surface area contributed by atoms with Crippen molar-refractivity contribution in [2.75, 3.05) is 0 Å². The molecule has 3 heteroatoms. The number of pyridine rings is 1. The molecule has 0 amide bonds. The van der Waals surface area contributed by atoms with E-state index in [2.05, 4.69) is 31.0 Å². The van der Waals surface area contributed by atoms with E-state index in [-0.39, 0.29) is 0 Å². The summed E-state index contributed by atoms with van der Waals surface area (Å²) < 4.78 is 5.63.